The van der Waals surface area contributed by atoms with Gasteiger partial charge in [-0.05, 0) is 30.7 Å². The van der Waals surface area contributed by atoms with Crippen LogP contribution in [0.1, 0.15) is 23.0 Å². The summed E-state index contributed by atoms with van der Waals surface area (Å²) in [6.07, 6.45) is 2.09. The van der Waals surface area contributed by atoms with Crippen molar-refractivity contribution in [3.8, 4) is 0 Å². The fraction of sp³-hybridized carbons (Fsp3) is 0.133. The molecule has 6 nitrogen and oxygen atoms in total. The molecule has 0 radical (unpaired) electrons. The lowest BCUT2D eigenvalue weighted by Crippen LogP contribution is -2.17. The lowest BCUT2D eigenvalue weighted by molar-refractivity contribution is 0.102. The molecule has 0 saturated heterocycles. The van der Waals surface area contributed by atoms with Crippen LogP contribution in [-0.2, 0) is 6.42 Å². The van der Waals surface area contributed by atoms with Gasteiger partial charge in [-0.2, -0.15) is 0 Å². The van der Waals surface area contributed by atoms with Crippen LogP contribution in [0.3, 0.4) is 0 Å². The standard InChI is InChI=1S/C15H13ClN4O2/c1-2-10-7-13(21)20-14(18-10)12(8-17-20)15(22)19-11-5-3-9(16)4-6-11/h3-8,17H,2H2,1H3,(H,19,22). The molecule has 0 bridgehead atoms. The lowest BCUT2D eigenvalue weighted by Gasteiger charge is -2.04. The van der Waals surface area contributed by atoms with E-state index in [0.717, 1.165) is 0 Å². The van der Waals surface area contributed by atoms with Gasteiger partial charge in [0.15, 0.2) is 5.65 Å². The van der Waals surface area contributed by atoms with E-state index in [4.69, 9.17) is 11.6 Å². The molecule has 1 aromatic carbocycles. The van der Waals surface area contributed by atoms with E-state index in [9.17, 15) is 9.59 Å². The van der Waals surface area contributed by atoms with Gasteiger partial charge in [0.1, 0.15) is 5.56 Å². The van der Waals surface area contributed by atoms with Crippen molar-refractivity contribution >= 4 is 28.8 Å². The maximum absolute atomic E-state index is 12.4. The molecule has 0 fully saturated rings. The van der Waals surface area contributed by atoms with Crippen LogP contribution in [0.5, 0.6) is 0 Å². The molecule has 0 aliphatic carbocycles. The van der Waals surface area contributed by atoms with E-state index < -0.39 is 0 Å². The SMILES string of the molecule is CCc1cc(=O)n2[nH]cc(C(=O)Nc3ccc(Cl)cc3)c2n1. The quantitative estimate of drug-likeness (QED) is 0.779. The maximum atomic E-state index is 12.4. The Bertz CT molecular complexity index is 896. The first-order chi connectivity index (χ1) is 10.6. The topological polar surface area (TPSA) is 79.3 Å². The molecule has 2 N–H and O–H groups in total. The van der Waals surface area contributed by atoms with E-state index in [0.29, 0.717) is 34.0 Å². The van der Waals surface area contributed by atoms with Gasteiger partial charge in [0.05, 0.1) is 0 Å². The molecular formula is C15H13ClN4O2. The fourth-order valence-corrected chi connectivity index (χ4v) is 2.23. The van der Waals surface area contributed by atoms with Gasteiger partial charge in [-0.25, -0.2) is 9.50 Å². The van der Waals surface area contributed by atoms with Crippen LogP contribution in [-0.4, -0.2) is 20.5 Å². The molecule has 0 saturated carbocycles. The summed E-state index contributed by atoms with van der Waals surface area (Å²) in [5.41, 5.74) is 1.64. The van der Waals surface area contributed by atoms with Crippen molar-refractivity contribution in [3.05, 3.63) is 63.2 Å². The predicted octanol–water partition coefficient (Wildman–Crippen LogP) is 2.49. The predicted molar refractivity (Wildman–Crippen MR) is 84.6 cm³/mol. The average molecular weight is 317 g/mol. The van der Waals surface area contributed by atoms with E-state index in [2.05, 4.69) is 15.4 Å². The molecular weight excluding hydrogens is 304 g/mol. The zero-order valence-corrected chi connectivity index (χ0v) is 12.5. The number of anilines is 1. The number of amides is 1. The number of carbonyl (C=O) groups excluding carboxylic acids is 1. The molecule has 1 amide bonds. The van der Waals surface area contributed by atoms with Crippen LogP contribution in [0.15, 0.2) is 41.3 Å². The average Bonchev–Trinajstić information content (AvgIpc) is 2.94. The van der Waals surface area contributed by atoms with Crippen molar-refractivity contribution in [2.24, 2.45) is 0 Å². The van der Waals surface area contributed by atoms with Gasteiger partial charge in [0.25, 0.3) is 11.5 Å². The van der Waals surface area contributed by atoms with E-state index in [1.165, 1.54) is 16.8 Å². The van der Waals surface area contributed by atoms with Crippen molar-refractivity contribution in [3.63, 3.8) is 0 Å². The van der Waals surface area contributed by atoms with Gasteiger partial charge in [0, 0.05) is 28.7 Å². The molecule has 2 heterocycles. The molecule has 2 aromatic heterocycles. The summed E-state index contributed by atoms with van der Waals surface area (Å²) in [6.45, 7) is 1.90. The number of benzene rings is 1. The Labute approximate surface area is 130 Å². The maximum Gasteiger partial charge on any atom is 0.272 e. The molecule has 3 aromatic rings. The summed E-state index contributed by atoms with van der Waals surface area (Å²) in [4.78, 5) is 28.6. The third kappa shape index (κ3) is 2.60. The van der Waals surface area contributed by atoms with E-state index in [1.54, 1.807) is 24.3 Å². The van der Waals surface area contributed by atoms with Gasteiger partial charge in [-0.15, -0.1) is 0 Å². The van der Waals surface area contributed by atoms with Crippen molar-refractivity contribution < 1.29 is 4.79 Å². The minimum absolute atomic E-state index is 0.243. The Morgan fingerprint density at radius 3 is 2.77 bits per heavy atom. The Morgan fingerprint density at radius 1 is 1.36 bits per heavy atom. The lowest BCUT2D eigenvalue weighted by atomic mass is 10.2. The number of hydrogen-bond donors (Lipinski definition) is 2. The zero-order chi connectivity index (χ0) is 15.7. The number of fused-ring (bicyclic) bond motifs is 1. The third-order valence-electron chi connectivity index (χ3n) is 3.26. The van der Waals surface area contributed by atoms with Crippen molar-refractivity contribution in [2.45, 2.75) is 13.3 Å². The normalized spacial score (nSPS) is 10.8. The van der Waals surface area contributed by atoms with Crippen molar-refractivity contribution in [1.82, 2.24) is 14.6 Å². The second-order valence-corrected chi connectivity index (χ2v) is 5.18. The number of H-pyrrole nitrogens is 1. The molecule has 112 valence electrons. The summed E-state index contributed by atoms with van der Waals surface area (Å²) in [6, 6.07) is 8.22. The van der Waals surface area contributed by atoms with Gasteiger partial charge in [-0.3, -0.25) is 14.7 Å². The number of rotatable bonds is 3. The van der Waals surface area contributed by atoms with Crippen LogP contribution in [0.25, 0.3) is 5.65 Å². The molecule has 22 heavy (non-hydrogen) atoms. The van der Waals surface area contributed by atoms with Crippen LogP contribution in [0, 0.1) is 0 Å². The first-order valence-corrected chi connectivity index (χ1v) is 7.13. The third-order valence-corrected chi connectivity index (χ3v) is 3.51. The monoisotopic (exact) mass is 316 g/mol. The van der Waals surface area contributed by atoms with E-state index in [-0.39, 0.29) is 11.5 Å². The van der Waals surface area contributed by atoms with Crippen molar-refractivity contribution in [1.29, 1.82) is 0 Å². The number of nitrogens with one attached hydrogen (secondary N) is 2. The fourth-order valence-electron chi connectivity index (χ4n) is 2.11. The largest absolute Gasteiger partial charge is 0.322 e. The molecule has 3 rings (SSSR count). The number of carbonyl (C=O) groups is 1. The minimum Gasteiger partial charge on any atom is -0.322 e. The van der Waals surface area contributed by atoms with Crippen LogP contribution in [0.2, 0.25) is 5.02 Å². The van der Waals surface area contributed by atoms with Gasteiger partial charge in [-0.1, -0.05) is 18.5 Å². The molecule has 0 unspecified atom stereocenters. The van der Waals surface area contributed by atoms with Crippen molar-refractivity contribution in [2.75, 3.05) is 5.32 Å². The number of aryl methyl sites for hydroxylation is 1. The Kier molecular flexibility index (Phi) is 3.68. The second kappa shape index (κ2) is 5.65. The first kappa shape index (κ1) is 14.3. The number of aromatic nitrogens is 3. The molecule has 0 aliphatic heterocycles. The summed E-state index contributed by atoms with van der Waals surface area (Å²) in [5, 5.41) is 6.08. The highest BCUT2D eigenvalue weighted by Gasteiger charge is 2.15. The molecule has 0 atom stereocenters. The zero-order valence-electron chi connectivity index (χ0n) is 11.8. The smallest absolute Gasteiger partial charge is 0.272 e. The van der Waals surface area contributed by atoms with E-state index >= 15 is 0 Å². The van der Waals surface area contributed by atoms with Gasteiger partial charge in [0.2, 0.25) is 0 Å². The van der Waals surface area contributed by atoms with E-state index in [1.807, 2.05) is 6.92 Å². The second-order valence-electron chi connectivity index (χ2n) is 4.75. The molecule has 0 spiro atoms. The molecule has 7 heteroatoms. The number of aromatic amines is 1. The highest BCUT2D eigenvalue weighted by molar-refractivity contribution is 6.30. The first-order valence-electron chi connectivity index (χ1n) is 6.75. The van der Waals surface area contributed by atoms with Gasteiger partial charge < -0.3 is 5.32 Å². The Morgan fingerprint density at radius 2 is 2.09 bits per heavy atom. The molecule has 0 aliphatic rings. The van der Waals surface area contributed by atoms with Crippen LogP contribution >= 0.6 is 11.6 Å². The van der Waals surface area contributed by atoms with Gasteiger partial charge >= 0.3 is 0 Å². The van der Waals surface area contributed by atoms with Crippen LogP contribution in [0.4, 0.5) is 5.69 Å². The Balaban J connectivity index is 1.99. The number of nitrogens with zero attached hydrogens (tertiary/aromatic N) is 2. The van der Waals surface area contributed by atoms with Crippen LogP contribution < -0.4 is 10.9 Å². The summed E-state index contributed by atoms with van der Waals surface area (Å²) >= 11 is 5.81. The Hall–Kier alpha value is -2.60. The summed E-state index contributed by atoms with van der Waals surface area (Å²) in [7, 11) is 0. The summed E-state index contributed by atoms with van der Waals surface area (Å²) in [5.74, 6) is -0.346. The highest BCUT2D eigenvalue weighted by atomic mass is 35.5. The number of halogens is 1. The summed E-state index contributed by atoms with van der Waals surface area (Å²) < 4.78 is 1.25. The number of hydrogen-bond acceptors (Lipinski definition) is 3. The minimum atomic E-state index is -0.346. The highest BCUT2D eigenvalue weighted by Crippen LogP contribution is 2.15.